The van der Waals surface area contributed by atoms with Crippen LogP contribution in [-0.4, -0.2) is 28.9 Å². The van der Waals surface area contributed by atoms with E-state index in [9.17, 15) is 4.79 Å². The second-order valence-electron chi connectivity index (χ2n) is 4.19. The summed E-state index contributed by atoms with van der Waals surface area (Å²) >= 11 is 0. The fraction of sp³-hybridized carbons (Fsp3) is 0.0714. The van der Waals surface area contributed by atoms with Crippen molar-refractivity contribution in [3.8, 4) is 0 Å². The highest BCUT2D eigenvalue weighted by atomic mass is 16.5. The lowest BCUT2D eigenvalue weighted by Crippen LogP contribution is -2.01. The van der Waals surface area contributed by atoms with Gasteiger partial charge >= 0.3 is 5.97 Å². The van der Waals surface area contributed by atoms with E-state index in [2.05, 4.69) is 14.9 Å². The van der Waals surface area contributed by atoms with Gasteiger partial charge in [0.1, 0.15) is 5.71 Å². The van der Waals surface area contributed by atoms with Crippen LogP contribution in [0, 0.1) is 5.41 Å². The molecule has 0 aliphatic heterocycles. The molecule has 0 saturated carbocycles. The Balaban J connectivity index is 2.00. The number of methoxy groups -OCH3 is 1. The Labute approximate surface area is 113 Å². The molecule has 0 spiro atoms. The maximum atomic E-state index is 11.3. The van der Waals surface area contributed by atoms with Gasteiger partial charge in [0.15, 0.2) is 11.5 Å². The third-order valence-corrected chi connectivity index (χ3v) is 3.01. The second kappa shape index (κ2) is 4.65. The summed E-state index contributed by atoms with van der Waals surface area (Å²) in [5, 5.41) is 12.7. The normalized spacial score (nSPS) is 10.7. The van der Waals surface area contributed by atoms with E-state index in [-0.39, 0.29) is 17.2 Å². The number of ether oxygens (including phenoxy) is 1. The SMILES string of the molecule is COC(=O)c1cc(C(=N)c2c[nH]c3ccccc23)on1. The van der Waals surface area contributed by atoms with Gasteiger partial charge in [-0.15, -0.1) is 0 Å². The first-order valence-corrected chi connectivity index (χ1v) is 5.91. The van der Waals surface area contributed by atoms with Crippen LogP contribution in [0.5, 0.6) is 0 Å². The molecule has 0 amide bonds. The van der Waals surface area contributed by atoms with Crippen molar-refractivity contribution in [3.05, 3.63) is 53.5 Å². The maximum absolute atomic E-state index is 11.3. The zero-order valence-corrected chi connectivity index (χ0v) is 10.6. The van der Waals surface area contributed by atoms with E-state index >= 15 is 0 Å². The Morgan fingerprint density at radius 2 is 2.20 bits per heavy atom. The number of nitrogens with zero attached hydrogens (tertiary/aromatic N) is 1. The smallest absolute Gasteiger partial charge is 0.360 e. The van der Waals surface area contributed by atoms with Crippen molar-refractivity contribution in [1.29, 1.82) is 5.41 Å². The molecule has 0 saturated heterocycles. The van der Waals surface area contributed by atoms with Crippen molar-refractivity contribution in [1.82, 2.24) is 10.1 Å². The minimum atomic E-state index is -0.591. The molecule has 100 valence electrons. The Morgan fingerprint density at radius 3 is 3.00 bits per heavy atom. The fourth-order valence-corrected chi connectivity index (χ4v) is 2.00. The Morgan fingerprint density at radius 1 is 1.40 bits per heavy atom. The first-order chi connectivity index (χ1) is 9.70. The summed E-state index contributed by atoms with van der Waals surface area (Å²) in [7, 11) is 1.27. The molecule has 0 atom stereocenters. The van der Waals surface area contributed by atoms with Crippen LogP contribution in [0.3, 0.4) is 0 Å². The van der Waals surface area contributed by atoms with E-state index in [0.29, 0.717) is 5.56 Å². The summed E-state index contributed by atoms with van der Waals surface area (Å²) in [6, 6.07) is 9.04. The summed E-state index contributed by atoms with van der Waals surface area (Å²) < 4.78 is 9.59. The van der Waals surface area contributed by atoms with Gasteiger partial charge in [-0.25, -0.2) is 4.79 Å². The van der Waals surface area contributed by atoms with E-state index in [0.717, 1.165) is 10.9 Å². The van der Waals surface area contributed by atoms with Crippen molar-refractivity contribution in [2.45, 2.75) is 0 Å². The van der Waals surface area contributed by atoms with Gasteiger partial charge in [-0.05, 0) is 6.07 Å². The number of fused-ring (bicyclic) bond motifs is 1. The molecule has 2 aromatic heterocycles. The lowest BCUT2D eigenvalue weighted by atomic mass is 10.1. The topological polar surface area (TPSA) is 92.0 Å². The number of hydrogen-bond acceptors (Lipinski definition) is 5. The summed E-state index contributed by atoms with van der Waals surface area (Å²) in [5.74, 6) is -0.373. The van der Waals surface area contributed by atoms with Crippen molar-refractivity contribution < 1.29 is 14.1 Å². The number of carbonyl (C=O) groups is 1. The molecule has 3 aromatic rings. The number of esters is 1. The minimum Gasteiger partial charge on any atom is -0.464 e. The zero-order chi connectivity index (χ0) is 14.1. The number of nitrogens with one attached hydrogen (secondary N) is 2. The third kappa shape index (κ3) is 1.87. The summed E-state index contributed by atoms with van der Waals surface area (Å²) in [4.78, 5) is 14.4. The lowest BCUT2D eigenvalue weighted by Gasteiger charge is -1.97. The number of benzene rings is 1. The fourth-order valence-electron chi connectivity index (χ4n) is 2.00. The van der Waals surface area contributed by atoms with Crippen LogP contribution in [0.4, 0.5) is 0 Å². The molecule has 6 heteroatoms. The molecule has 0 fully saturated rings. The average molecular weight is 269 g/mol. The van der Waals surface area contributed by atoms with E-state index in [1.54, 1.807) is 6.20 Å². The zero-order valence-electron chi connectivity index (χ0n) is 10.6. The summed E-state index contributed by atoms with van der Waals surface area (Å²) in [6.45, 7) is 0. The van der Waals surface area contributed by atoms with Gasteiger partial charge in [-0.1, -0.05) is 23.4 Å². The molecule has 20 heavy (non-hydrogen) atoms. The van der Waals surface area contributed by atoms with E-state index in [1.807, 2.05) is 24.3 Å². The van der Waals surface area contributed by atoms with Crippen LogP contribution in [-0.2, 0) is 4.74 Å². The second-order valence-corrected chi connectivity index (χ2v) is 4.19. The van der Waals surface area contributed by atoms with E-state index in [4.69, 9.17) is 9.93 Å². The van der Waals surface area contributed by atoms with Crippen LogP contribution in [0.2, 0.25) is 0 Å². The molecular formula is C14H11N3O3. The molecule has 2 heterocycles. The number of rotatable bonds is 3. The molecular weight excluding hydrogens is 258 g/mol. The van der Waals surface area contributed by atoms with Crippen molar-refractivity contribution in [3.63, 3.8) is 0 Å². The molecule has 0 aliphatic rings. The molecule has 2 N–H and O–H groups in total. The Bertz CT molecular complexity index is 801. The molecule has 0 radical (unpaired) electrons. The van der Waals surface area contributed by atoms with Gasteiger partial charge in [0.05, 0.1) is 7.11 Å². The first-order valence-electron chi connectivity index (χ1n) is 5.91. The van der Waals surface area contributed by atoms with Gasteiger partial charge in [0.2, 0.25) is 0 Å². The van der Waals surface area contributed by atoms with Crippen LogP contribution in [0.25, 0.3) is 10.9 Å². The van der Waals surface area contributed by atoms with Gasteiger partial charge in [-0.2, -0.15) is 0 Å². The predicted octanol–water partition coefficient (Wildman–Crippen LogP) is 2.36. The van der Waals surface area contributed by atoms with Crippen LogP contribution in [0.1, 0.15) is 21.8 Å². The van der Waals surface area contributed by atoms with Crippen LogP contribution >= 0.6 is 0 Å². The number of para-hydroxylation sites is 1. The molecule has 0 unspecified atom stereocenters. The van der Waals surface area contributed by atoms with Gasteiger partial charge in [0.25, 0.3) is 0 Å². The Kier molecular flexibility index (Phi) is 2.83. The van der Waals surface area contributed by atoms with Crippen LogP contribution < -0.4 is 0 Å². The number of aromatic amines is 1. The highest BCUT2D eigenvalue weighted by molar-refractivity contribution is 6.16. The number of carbonyl (C=O) groups excluding carboxylic acids is 1. The molecule has 0 aliphatic carbocycles. The first kappa shape index (κ1) is 12.2. The number of H-pyrrole nitrogens is 1. The highest BCUT2D eigenvalue weighted by Crippen LogP contribution is 2.21. The monoisotopic (exact) mass is 269 g/mol. The third-order valence-electron chi connectivity index (χ3n) is 3.01. The molecule has 6 nitrogen and oxygen atoms in total. The number of hydrogen-bond donors (Lipinski definition) is 2. The average Bonchev–Trinajstić information content (AvgIpc) is 3.12. The summed E-state index contributed by atoms with van der Waals surface area (Å²) in [6.07, 6.45) is 1.73. The lowest BCUT2D eigenvalue weighted by molar-refractivity contribution is 0.0589. The van der Waals surface area contributed by atoms with Gasteiger partial charge in [0, 0.05) is 28.7 Å². The van der Waals surface area contributed by atoms with Gasteiger partial charge < -0.3 is 14.2 Å². The molecule has 3 rings (SSSR count). The summed E-state index contributed by atoms with van der Waals surface area (Å²) in [5.41, 5.74) is 1.82. The van der Waals surface area contributed by atoms with Crippen molar-refractivity contribution in [2.75, 3.05) is 7.11 Å². The predicted molar refractivity (Wildman–Crippen MR) is 72.1 cm³/mol. The van der Waals surface area contributed by atoms with Crippen LogP contribution in [0.15, 0.2) is 41.1 Å². The molecule has 0 bridgehead atoms. The maximum Gasteiger partial charge on any atom is 0.360 e. The van der Waals surface area contributed by atoms with Gasteiger partial charge in [-0.3, -0.25) is 5.41 Å². The largest absolute Gasteiger partial charge is 0.464 e. The quantitative estimate of drug-likeness (QED) is 0.564. The number of aromatic nitrogens is 2. The Hall–Kier alpha value is -2.89. The van der Waals surface area contributed by atoms with Crippen molar-refractivity contribution in [2.24, 2.45) is 0 Å². The minimum absolute atomic E-state index is 0.0482. The molecule has 1 aromatic carbocycles. The standard InChI is InChI=1S/C14H11N3O3/c1-19-14(18)11-6-12(20-17-11)13(15)9-7-16-10-5-3-2-4-8(9)10/h2-7,15-16H,1H3. The van der Waals surface area contributed by atoms with E-state index < -0.39 is 5.97 Å². The van der Waals surface area contributed by atoms with E-state index in [1.165, 1.54) is 13.2 Å². The van der Waals surface area contributed by atoms with Crippen molar-refractivity contribution >= 4 is 22.6 Å². The highest BCUT2D eigenvalue weighted by Gasteiger charge is 2.18.